The van der Waals surface area contributed by atoms with Crippen LogP contribution in [0.2, 0.25) is 5.02 Å². The Morgan fingerprint density at radius 3 is 2.78 bits per heavy atom. The van der Waals surface area contributed by atoms with Crippen LogP contribution in [0.1, 0.15) is 18.4 Å². The van der Waals surface area contributed by atoms with Crippen molar-refractivity contribution in [1.82, 2.24) is 10.2 Å². The molecule has 2 aliphatic heterocycles. The van der Waals surface area contributed by atoms with E-state index in [9.17, 15) is 0 Å². The minimum Gasteiger partial charge on any atom is -0.381 e. The smallest absolute Gasteiger partial charge is 0.193 e. The summed E-state index contributed by atoms with van der Waals surface area (Å²) in [5.41, 5.74) is 1.66. The Bertz CT molecular complexity index is 529. The maximum Gasteiger partial charge on any atom is 0.193 e. The van der Waals surface area contributed by atoms with Gasteiger partial charge in [-0.2, -0.15) is 0 Å². The Labute approximate surface area is 160 Å². The van der Waals surface area contributed by atoms with Crippen molar-refractivity contribution in [3.63, 3.8) is 0 Å². The first-order chi connectivity index (χ1) is 10.7. The fourth-order valence-electron chi connectivity index (χ4n) is 3.39. The van der Waals surface area contributed by atoms with Crippen molar-refractivity contribution in [1.29, 1.82) is 0 Å². The third-order valence-electron chi connectivity index (χ3n) is 4.74. The summed E-state index contributed by atoms with van der Waals surface area (Å²) in [6, 6.07) is 8.03. The zero-order valence-corrected chi connectivity index (χ0v) is 16.6. The number of halogens is 2. The molecule has 1 atom stereocenters. The van der Waals surface area contributed by atoms with Crippen LogP contribution in [0.25, 0.3) is 0 Å². The van der Waals surface area contributed by atoms with Gasteiger partial charge >= 0.3 is 0 Å². The summed E-state index contributed by atoms with van der Waals surface area (Å²) in [5.74, 6) is 1.01. The van der Waals surface area contributed by atoms with Gasteiger partial charge in [0.2, 0.25) is 0 Å². The molecular formula is C17H25ClIN3O. The van der Waals surface area contributed by atoms with Gasteiger partial charge in [0.1, 0.15) is 0 Å². The molecule has 1 N–H and O–H groups in total. The molecule has 0 bridgehead atoms. The van der Waals surface area contributed by atoms with E-state index in [0.29, 0.717) is 5.41 Å². The Morgan fingerprint density at radius 2 is 2.13 bits per heavy atom. The number of guanidine groups is 1. The Kier molecular flexibility index (Phi) is 6.98. The molecule has 2 aliphatic rings. The molecule has 1 aromatic rings. The lowest BCUT2D eigenvalue weighted by Crippen LogP contribution is -2.42. The highest BCUT2D eigenvalue weighted by atomic mass is 127. The number of hydrogen-bond donors (Lipinski definition) is 1. The molecule has 2 fully saturated rings. The van der Waals surface area contributed by atoms with E-state index >= 15 is 0 Å². The van der Waals surface area contributed by atoms with Crippen molar-refractivity contribution in [2.24, 2.45) is 10.4 Å². The summed E-state index contributed by atoms with van der Waals surface area (Å²) in [7, 11) is 1.86. The van der Waals surface area contributed by atoms with Gasteiger partial charge in [-0.1, -0.05) is 23.7 Å². The molecular weight excluding hydrogens is 425 g/mol. The van der Waals surface area contributed by atoms with Crippen molar-refractivity contribution in [3.05, 3.63) is 34.9 Å². The van der Waals surface area contributed by atoms with E-state index in [0.717, 1.165) is 50.3 Å². The van der Waals surface area contributed by atoms with Crippen LogP contribution in [0.5, 0.6) is 0 Å². The first kappa shape index (κ1) is 18.8. The van der Waals surface area contributed by atoms with Gasteiger partial charge in [-0.25, -0.2) is 0 Å². The van der Waals surface area contributed by atoms with Gasteiger partial charge < -0.3 is 15.0 Å². The van der Waals surface area contributed by atoms with E-state index in [2.05, 4.69) is 27.3 Å². The second-order valence-electron chi connectivity index (χ2n) is 6.32. The van der Waals surface area contributed by atoms with Gasteiger partial charge in [-0.3, -0.25) is 4.99 Å². The van der Waals surface area contributed by atoms with Crippen LogP contribution >= 0.6 is 35.6 Å². The van der Waals surface area contributed by atoms with Crippen molar-refractivity contribution in [2.75, 3.05) is 39.9 Å². The summed E-state index contributed by atoms with van der Waals surface area (Å²) in [4.78, 5) is 6.81. The van der Waals surface area contributed by atoms with E-state index in [1.54, 1.807) is 0 Å². The quantitative estimate of drug-likeness (QED) is 0.437. The van der Waals surface area contributed by atoms with E-state index in [4.69, 9.17) is 16.3 Å². The second-order valence-corrected chi connectivity index (χ2v) is 6.76. The minimum absolute atomic E-state index is 0. The predicted molar refractivity (Wildman–Crippen MR) is 106 cm³/mol. The third kappa shape index (κ3) is 4.73. The highest BCUT2D eigenvalue weighted by molar-refractivity contribution is 14.0. The Hall–Kier alpha value is -0.530. The lowest BCUT2D eigenvalue weighted by molar-refractivity contribution is 0.156. The van der Waals surface area contributed by atoms with Crippen molar-refractivity contribution >= 4 is 41.5 Å². The van der Waals surface area contributed by atoms with Crippen LogP contribution in [0, 0.1) is 5.41 Å². The van der Waals surface area contributed by atoms with Gasteiger partial charge in [0.15, 0.2) is 5.96 Å². The van der Waals surface area contributed by atoms with Crippen LogP contribution in [0.3, 0.4) is 0 Å². The SMILES string of the molecule is CN=C(NCCc1ccc(Cl)cc1)N1CCC2(CCOC2)C1.I. The van der Waals surface area contributed by atoms with Crippen LogP contribution in [-0.4, -0.2) is 50.8 Å². The molecule has 6 heteroatoms. The summed E-state index contributed by atoms with van der Waals surface area (Å²) >= 11 is 5.91. The lowest BCUT2D eigenvalue weighted by Gasteiger charge is -2.25. The molecule has 1 unspecified atom stereocenters. The largest absolute Gasteiger partial charge is 0.381 e. The van der Waals surface area contributed by atoms with E-state index in [-0.39, 0.29) is 24.0 Å². The molecule has 0 saturated carbocycles. The number of nitrogens with zero attached hydrogens (tertiary/aromatic N) is 2. The fraction of sp³-hybridized carbons (Fsp3) is 0.588. The van der Waals surface area contributed by atoms with Gasteiger partial charge in [0, 0.05) is 43.7 Å². The zero-order chi connectivity index (χ0) is 15.4. The molecule has 0 radical (unpaired) electrons. The highest BCUT2D eigenvalue weighted by Crippen LogP contribution is 2.38. The molecule has 128 valence electrons. The van der Waals surface area contributed by atoms with Crippen LogP contribution < -0.4 is 5.32 Å². The van der Waals surface area contributed by atoms with Crippen molar-refractivity contribution in [2.45, 2.75) is 19.3 Å². The number of aliphatic imine (C=N–C) groups is 1. The average Bonchev–Trinajstić information content (AvgIpc) is 3.16. The minimum atomic E-state index is 0. The molecule has 1 spiro atoms. The standard InChI is InChI=1S/C17H24ClN3O.HI/c1-19-16(20-9-6-14-2-4-15(18)5-3-14)21-10-7-17(12-21)8-11-22-13-17;/h2-5H,6-13H2,1H3,(H,19,20);1H. The van der Waals surface area contributed by atoms with E-state index in [1.807, 2.05) is 19.2 Å². The topological polar surface area (TPSA) is 36.9 Å². The molecule has 0 aliphatic carbocycles. The fourth-order valence-corrected chi connectivity index (χ4v) is 3.52. The van der Waals surface area contributed by atoms with Crippen LogP contribution in [0.15, 0.2) is 29.3 Å². The molecule has 2 saturated heterocycles. The number of likely N-dealkylation sites (tertiary alicyclic amines) is 1. The van der Waals surface area contributed by atoms with Crippen molar-refractivity contribution < 1.29 is 4.74 Å². The maximum absolute atomic E-state index is 5.91. The van der Waals surface area contributed by atoms with E-state index < -0.39 is 0 Å². The number of ether oxygens (including phenoxy) is 1. The number of benzene rings is 1. The summed E-state index contributed by atoms with van der Waals surface area (Å²) in [5, 5.41) is 4.27. The predicted octanol–water partition coefficient (Wildman–Crippen LogP) is 3.19. The van der Waals surface area contributed by atoms with Crippen molar-refractivity contribution in [3.8, 4) is 0 Å². The van der Waals surface area contributed by atoms with Gasteiger partial charge in [0.05, 0.1) is 6.61 Å². The summed E-state index contributed by atoms with van der Waals surface area (Å²) in [6.07, 6.45) is 3.37. The highest BCUT2D eigenvalue weighted by Gasteiger charge is 2.42. The molecule has 1 aromatic carbocycles. The van der Waals surface area contributed by atoms with Gasteiger partial charge in [0.25, 0.3) is 0 Å². The van der Waals surface area contributed by atoms with Gasteiger partial charge in [-0.05, 0) is 37.0 Å². The molecule has 2 heterocycles. The molecule has 23 heavy (non-hydrogen) atoms. The monoisotopic (exact) mass is 449 g/mol. The zero-order valence-electron chi connectivity index (χ0n) is 13.6. The molecule has 3 rings (SSSR count). The molecule has 0 aromatic heterocycles. The van der Waals surface area contributed by atoms with Crippen LogP contribution in [0.4, 0.5) is 0 Å². The lowest BCUT2D eigenvalue weighted by atomic mass is 9.87. The molecule has 4 nitrogen and oxygen atoms in total. The van der Waals surface area contributed by atoms with Crippen LogP contribution in [-0.2, 0) is 11.2 Å². The first-order valence-electron chi connectivity index (χ1n) is 7.99. The molecule has 0 amide bonds. The number of rotatable bonds is 3. The van der Waals surface area contributed by atoms with Gasteiger partial charge in [-0.15, -0.1) is 24.0 Å². The summed E-state index contributed by atoms with van der Waals surface area (Å²) < 4.78 is 5.59. The normalized spacial score (nSPS) is 24.1. The number of nitrogens with one attached hydrogen (secondary N) is 1. The second kappa shape index (κ2) is 8.53. The average molecular weight is 450 g/mol. The Morgan fingerprint density at radius 1 is 1.35 bits per heavy atom. The number of hydrogen-bond acceptors (Lipinski definition) is 2. The first-order valence-corrected chi connectivity index (χ1v) is 8.36. The Balaban J connectivity index is 0.00000192. The maximum atomic E-state index is 5.91. The van der Waals surface area contributed by atoms with E-state index in [1.165, 1.54) is 18.4 Å². The third-order valence-corrected chi connectivity index (χ3v) is 5.00. The summed E-state index contributed by atoms with van der Waals surface area (Å²) in [6.45, 7) is 4.84.